The fourth-order valence-electron chi connectivity index (χ4n) is 5.92. The number of hydrogen-bond donors (Lipinski definition) is 0. The van der Waals surface area contributed by atoms with Crippen LogP contribution in [-0.4, -0.2) is 24.8 Å². The van der Waals surface area contributed by atoms with Crippen molar-refractivity contribution < 1.29 is 14.3 Å². The van der Waals surface area contributed by atoms with Gasteiger partial charge in [0.25, 0.3) is 0 Å². The van der Waals surface area contributed by atoms with Crippen molar-refractivity contribution >= 4 is 5.78 Å². The van der Waals surface area contributed by atoms with Crippen molar-refractivity contribution in [3.63, 3.8) is 0 Å². The maximum atomic E-state index is 12.1. The van der Waals surface area contributed by atoms with Crippen LogP contribution in [0.2, 0.25) is 0 Å². The van der Waals surface area contributed by atoms with Gasteiger partial charge in [0.05, 0.1) is 13.2 Å². The van der Waals surface area contributed by atoms with Crippen molar-refractivity contribution in [3.8, 4) is 0 Å². The van der Waals surface area contributed by atoms with Gasteiger partial charge in [0.2, 0.25) is 0 Å². The molecular formula is C13H16O3. The minimum atomic E-state index is -0.334. The van der Waals surface area contributed by atoms with E-state index in [4.69, 9.17) is 9.47 Å². The Morgan fingerprint density at radius 2 is 1.88 bits per heavy atom. The molecule has 0 aromatic rings. The fraction of sp³-hybridized carbons (Fsp3) is 0.923. The minimum Gasteiger partial charge on any atom is -0.347 e. The predicted molar refractivity (Wildman–Crippen MR) is 54.4 cm³/mol. The van der Waals surface area contributed by atoms with E-state index in [-0.39, 0.29) is 5.79 Å². The topological polar surface area (TPSA) is 35.5 Å². The van der Waals surface area contributed by atoms with E-state index in [1.807, 2.05) is 0 Å². The summed E-state index contributed by atoms with van der Waals surface area (Å²) >= 11 is 0. The van der Waals surface area contributed by atoms with Gasteiger partial charge in [-0.2, -0.15) is 0 Å². The van der Waals surface area contributed by atoms with E-state index in [1.54, 1.807) is 0 Å². The maximum Gasteiger partial charge on any atom is 0.172 e. The highest BCUT2D eigenvalue weighted by Crippen LogP contribution is 2.73. The van der Waals surface area contributed by atoms with E-state index in [2.05, 4.69) is 0 Å². The largest absolute Gasteiger partial charge is 0.347 e. The quantitative estimate of drug-likeness (QED) is 0.615. The van der Waals surface area contributed by atoms with E-state index in [9.17, 15) is 4.79 Å². The van der Waals surface area contributed by atoms with Gasteiger partial charge in [-0.15, -0.1) is 0 Å². The van der Waals surface area contributed by atoms with Crippen LogP contribution in [0.3, 0.4) is 0 Å². The normalized spacial score (nSPS) is 59.4. The Balaban J connectivity index is 1.68. The first-order valence-corrected chi connectivity index (χ1v) is 6.61. The summed E-state index contributed by atoms with van der Waals surface area (Å²) < 4.78 is 11.9. The SMILES string of the molecule is O=C1C[C@@H]2[C@H]3CC4(OCCO4)[C@@H]4[C@@H]3C[C@@H]2[C@H]14. The van der Waals surface area contributed by atoms with Crippen molar-refractivity contribution in [2.24, 2.45) is 35.5 Å². The summed E-state index contributed by atoms with van der Waals surface area (Å²) in [5, 5.41) is 0. The summed E-state index contributed by atoms with van der Waals surface area (Å²) in [7, 11) is 0. The zero-order chi connectivity index (χ0) is 10.5. The van der Waals surface area contributed by atoms with Crippen LogP contribution in [0.25, 0.3) is 0 Å². The molecule has 5 fully saturated rings. The second-order valence-corrected chi connectivity index (χ2v) is 6.33. The lowest BCUT2D eigenvalue weighted by molar-refractivity contribution is -0.193. The summed E-state index contributed by atoms with van der Waals surface area (Å²) in [4.78, 5) is 12.1. The van der Waals surface area contributed by atoms with E-state index < -0.39 is 0 Å². The molecule has 6 atom stereocenters. The molecule has 1 heterocycles. The molecule has 4 aliphatic carbocycles. The highest BCUT2D eigenvalue weighted by atomic mass is 16.7. The number of rotatable bonds is 0. The van der Waals surface area contributed by atoms with Gasteiger partial charge in [-0.25, -0.2) is 0 Å². The molecule has 86 valence electrons. The third-order valence-corrected chi connectivity index (χ3v) is 6.12. The number of carbonyl (C=O) groups is 1. The lowest BCUT2D eigenvalue weighted by atomic mass is 9.79. The van der Waals surface area contributed by atoms with Crippen molar-refractivity contribution in [2.45, 2.75) is 25.0 Å². The van der Waals surface area contributed by atoms with Gasteiger partial charge in [-0.1, -0.05) is 0 Å². The Morgan fingerprint density at radius 3 is 2.69 bits per heavy atom. The van der Waals surface area contributed by atoms with Crippen molar-refractivity contribution in [2.75, 3.05) is 13.2 Å². The Kier molecular flexibility index (Phi) is 1.29. The van der Waals surface area contributed by atoms with Crippen LogP contribution < -0.4 is 0 Å². The molecule has 4 saturated carbocycles. The minimum absolute atomic E-state index is 0.298. The second kappa shape index (κ2) is 2.39. The van der Waals surface area contributed by atoms with E-state index in [0.29, 0.717) is 29.5 Å². The number of ether oxygens (including phenoxy) is 2. The molecule has 1 saturated heterocycles. The Morgan fingerprint density at radius 1 is 1.06 bits per heavy atom. The van der Waals surface area contributed by atoms with E-state index in [0.717, 1.165) is 37.9 Å². The number of ketones is 1. The van der Waals surface area contributed by atoms with Crippen LogP contribution >= 0.6 is 0 Å². The third-order valence-electron chi connectivity index (χ3n) is 6.12. The lowest BCUT2D eigenvalue weighted by Gasteiger charge is -2.32. The highest BCUT2D eigenvalue weighted by Gasteiger charge is 2.75. The standard InChI is InChI=1S/C13H16O3/c14-10-4-6-7-3-8-9(6)5-13(12(8)11(7)10)15-1-2-16-13/h6-9,11-12H,1-5H2/t6-,7-,8+,9+,11+,12+/m0/s1. The van der Waals surface area contributed by atoms with Crippen LogP contribution in [-0.2, 0) is 14.3 Å². The van der Waals surface area contributed by atoms with Gasteiger partial charge < -0.3 is 9.47 Å². The molecule has 3 nitrogen and oxygen atoms in total. The smallest absolute Gasteiger partial charge is 0.172 e. The summed E-state index contributed by atoms with van der Waals surface area (Å²) in [6.07, 6.45) is 3.22. The third kappa shape index (κ3) is 0.697. The number of carbonyl (C=O) groups excluding carboxylic acids is 1. The lowest BCUT2D eigenvalue weighted by Crippen LogP contribution is -2.40. The Hall–Kier alpha value is -0.410. The molecule has 2 bridgehead atoms. The highest BCUT2D eigenvalue weighted by molar-refractivity contribution is 5.86. The average Bonchev–Trinajstić information content (AvgIpc) is 2.94. The molecule has 1 aliphatic heterocycles. The van der Waals surface area contributed by atoms with Crippen LogP contribution in [0.5, 0.6) is 0 Å². The van der Waals surface area contributed by atoms with Crippen molar-refractivity contribution in [1.29, 1.82) is 0 Å². The molecule has 0 amide bonds. The Bertz CT molecular complexity index is 385. The zero-order valence-electron chi connectivity index (χ0n) is 9.22. The van der Waals surface area contributed by atoms with Gasteiger partial charge in [-0.3, -0.25) is 4.79 Å². The summed E-state index contributed by atoms with van der Waals surface area (Å²) in [5.74, 6) is 3.75. The van der Waals surface area contributed by atoms with Gasteiger partial charge in [-0.05, 0) is 30.1 Å². The molecular weight excluding hydrogens is 204 g/mol. The predicted octanol–water partition coefficient (Wildman–Crippen LogP) is 1.22. The fourth-order valence-corrected chi connectivity index (χ4v) is 5.92. The molecule has 0 N–H and O–H groups in total. The van der Waals surface area contributed by atoms with Crippen molar-refractivity contribution in [1.82, 2.24) is 0 Å². The monoisotopic (exact) mass is 220 g/mol. The van der Waals surface area contributed by atoms with Crippen molar-refractivity contribution in [3.05, 3.63) is 0 Å². The van der Waals surface area contributed by atoms with Crippen LogP contribution in [0, 0.1) is 35.5 Å². The summed E-state index contributed by atoms with van der Waals surface area (Å²) in [5.41, 5.74) is 0. The molecule has 16 heavy (non-hydrogen) atoms. The molecule has 0 aromatic carbocycles. The summed E-state index contributed by atoms with van der Waals surface area (Å²) in [6.45, 7) is 1.46. The second-order valence-electron chi connectivity index (χ2n) is 6.33. The van der Waals surface area contributed by atoms with E-state index >= 15 is 0 Å². The molecule has 0 unspecified atom stereocenters. The molecule has 3 heteroatoms. The van der Waals surface area contributed by atoms with Gasteiger partial charge in [0.15, 0.2) is 5.79 Å². The van der Waals surface area contributed by atoms with Gasteiger partial charge >= 0.3 is 0 Å². The first kappa shape index (κ1) is 8.65. The molecule has 1 spiro atoms. The first-order valence-electron chi connectivity index (χ1n) is 6.61. The molecule has 0 aromatic heterocycles. The van der Waals surface area contributed by atoms with Crippen LogP contribution in [0.15, 0.2) is 0 Å². The van der Waals surface area contributed by atoms with Crippen LogP contribution in [0.1, 0.15) is 19.3 Å². The number of hydrogen-bond acceptors (Lipinski definition) is 3. The first-order chi connectivity index (χ1) is 7.80. The number of fused-ring (bicyclic) bond motifs is 3. The molecule has 5 rings (SSSR count). The van der Waals surface area contributed by atoms with Gasteiger partial charge in [0.1, 0.15) is 5.78 Å². The maximum absolute atomic E-state index is 12.1. The Labute approximate surface area is 94.5 Å². The number of Topliss-reactive ketones (excluding diaryl/α,β-unsaturated/α-hetero) is 1. The summed E-state index contributed by atoms with van der Waals surface area (Å²) in [6, 6.07) is 0. The zero-order valence-corrected chi connectivity index (χ0v) is 9.22. The molecule has 0 radical (unpaired) electrons. The van der Waals surface area contributed by atoms with Gasteiger partial charge in [0, 0.05) is 24.7 Å². The molecule has 5 aliphatic rings. The average molecular weight is 220 g/mol. The van der Waals surface area contributed by atoms with E-state index in [1.165, 1.54) is 6.42 Å². The van der Waals surface area contributed by atoms with Crippen LogP contribution in [0.4, 0.5) is 0 Å².